The van der Waals surface area contributed by atoms with E-state index in [0.717, 1.165) is 36.4 Å². The monoisotopic (exact) mass is 490 g/mol. The van der Waals surface area contributed by atoms with Crippen molar-refractivity contribution in [3.8, 4) is 23.0 Å². The van der Waals surface area contributed by atoms with Crippen LogP contribution in [0.4, 0.5) is 10.5 Å². The first-order chi connectivity index (χ1) is 17.6. The summed E-state index contributed by atoms with van der Waals surface area (Å²) in [5.74, 6) is 3.00. The smallest absolute Gasteiger partial charge is 0.319 e. The van der Waals surface area contributed by atoms with Crippen LogP contribution in [0.5, 0.6) is 23.0 Å². The highest BCUT2D eigenvalue weighted by Gasteiger charge is 2.30. The number of aromatic nitrogens is 1. The molecule has 3 heterocycles. The van der Waals surface area contributed by atoms with Gasteiger partial charge < -0.3 is 29.6 Å². The van der Waals surface area contributed by atoms with E-state index in [9.17, 15) is 4.79 Å². The Morgan fingerprint density at radius 3 is 2.61 bits per heavy atom. The minimum Gasteiger partial charge on any atom is -0.493 e. The Balaban J connectivity index is 1.33. The van der Waals surface area contributed by atoms with Crippen molar-refractivity contribution in [1.29, 1.82) is 0 Å². The number of carbonyl (C=O) groups is 1. The van der Waals surface area contributed by atoms with Crippen molar-refractivity contribution in [3.05, 3.63) is 71.5 Å². The van der Waals surface area contributed by atoms with Gasteiger partial charge in [-0.25, -0.2) is 4.79 Å². The van der Waals surface area contributed by atoms with E-state index in [-0.39, 0.29) is 18.9 Å². The van der Waals surface area contributed by atoms with Crippen LogP contribution in [0.3, 0.4) is 0 Å². The van der Waals surface area contributed by atoms with Crippen molar-refractivity contribution >= 4 is 11.7 Å². The molecular weight excluding hydrogens is 460 g/mol. The molecule has 2 aromatic carbocycles. The minimum absolute atomic E-state index is 0.103. The fourth-order valence-electron chi connectivity index (χ4n) is 4.80. The normalized spacial score (nSPS) is 16.2. The molecule has 2 aliphatic rings. The molecule has 0 bridgehead atoms. The molecule has 0 fully saturated rings. The van der Waals surface area contributed by atoms with Gasteiger partial charge in [0.2, 0.25) is 6.79 Å². The molecule has 2 N–H and O–H groups in total. The Labute approximate surface area is 210 Å². The number of hydrogen-bond donors (Lipinski definition) is 2. The Morgan fingerprint density at radius 1 is 1.06 bits per heavy atom. The molecule has 9 nitrogen and oxygen atoms in total. The van der Waals surface area contributed by atoms with E-state index in [0.29, 0.717) is 30.3 Å². The highest BCUT2D eigenvalue weighted by atomic mass is 16.7. The van der Waals surface area contributed by atoms with Crippen molar-refractivity contribution < 1.29 is 23.7 Å². The molecule has 0 saturated heterocycles. The van der Waals surface area contributed by atoms with Crippen LogP contribution < -0.4 is 29.6 Å². The number of fused-ring (bicyclic) bond motifs is 2. The summed E-state index contributed by atoms with van der Waals surface area (Å²) in [6.45, 7) is 2.34. The zero-order valence-electron chi connectivity index (χ0n) is 20.5. The van der Waals surface area contributed by atoms with Crippen LogP contribution >= 0.6 is 0 Å². The lowest BCUT2D eigenvalue weighted by molar-refractivity contribution is 0.173. The van der Waals surface area contributed by atoms with Crippen LogP contribution in [0, 0.1) is 0 Å². The quantitative estimate of drug-likeness (QED) is 0.496. The Kier molecular flexibility index (Phi) is 7.08. The second kappa shape index (κ2) is 10.7. The lowest BCUT2D eigenvalue weighted by Gasteiger charge is -2.38. The molecule has 1 unspecified atom stereocenters. The molecule has 36 heavy (non-hydrogen) atoms. The van der Waals surface area contributed by atoms with E-state index >= 15 is 0 Å². The molecule has 2 amide bonds. The van der Waals surface area contributed by atoms with Gasteiger partial charge in [0.1, 0.15) is 0 Å². The van der Waals surface area contributed by atoms with Crippen molar-refractivity contribution in [2.75, 3.05) is 46.0 Å². The van der Waals surface area contributed by atoms with E-state index in [4.69, 9.17) is 18.9 Å². The highest BCUT2D eigenvalue weighted by Crippen LogP contribution is 2.42. The van der Waals surface area contributed by atoms with E-state index in [1.807, 2.05) is 12.1 Å². The van der Waals surface area contributed by atoms with Crippen LogP contribution in [-0.2, 0) is 12.8 Å². The first-order valence-electron chi connectivity index (χ1n) is 12.0. The molecule has 3 aromatic rings. The number of hydrogen-bond acceptors (Lipinski definition) is 7. The Hall–Kier alpha value is -3.98. The zero-order chi connectivity index (χ0) is 24.9. The fraction of sp³-hybridized carbons (Fsp3) is 0.333. The van der Waals surface area contributed by atoms with Gasteiger partial charge in [0.05, 0.1) is 14.2 Å². The molecule has 0 radical (unpaired) electrons. The molecule has 1 aromatic heterocycles. The summed E-state index contributed by atoms with van der Waals surface area (Å²) in [7, 11) is 3.28. The predicted molar refractivity (Wildman–Crippen MR) is 135 cm³/mol. The number of urea groups is 1. The van der Waals surface area contributed by atoms with Gasteiger partial charge >= 0.3 is 6.03 Å². The van der Waals surface area contributed by atoms with Gasteiger partial charge in [-0.3, -0.25) is 9.88 Å². The maximum atomic E-state index is 12.4. The first kappa shape index (κ1) is 23.7. The maximum absolute atomic E-state index is 12.4. The third-order valence-electron chi connectivity index (χ3n) is 6.60. The number of rotatable bonds is 8. The third-order valence-corrected chi connectivity index (χ3v) is 6.60. The third kappa shape index (κ3) is 5.16. The molecule has 2 aliphatic heterocycles. The van der Waals surface area contributed by atoms with E-state index in [1.54, 1.807) is 38.7 Å². The Morgan fingerprint density at radius 2 is 1.83 bits per heavy atom. The average Bonchev–Trinajstić information content (AvgIpc) is 3.36. The van der Waals surface area contributed by atoms with Gasteiger partial charge in [-0.15, -0.1) is 0 Å². The Bertz CT molecular complexity index is 1220. The van der Waals surface area contributed by atoms with Gasteiger partial charge in [-0.2, -0.15) is 0 Å². The first-order valence-corrected chi connectivity index (χ1v) is 12.0. The summed E-state index contributed by atoms with van der Waals surface area (Å²) < 4.78 is 22.2. The molecule has 0 spiro atoms. The second-order valence-electron chi connectivity index (χ2n) is 8.72. The number of anilines is 1. The summed E-state index contributed by atoms with van der Waals surface area (Å²) in [6, 6.07) is 13.6. The summed E-state index contributed by atoms with van der Waals surface area (Å²) >= 11 is 0. The number of amides is 2. The van der Waals surface area contributed by atoms with Crippen LogP contribution in [0.2, 0.25) is 0 Å². The van der Waals surface area contributed by atoms with Gasteiger partial charge in [0.25, 0.3) is 0 Å². The number of pyridine rings is 1. The van der Waals surface area contributed by atoms with Gasteiger partial charge in [0.15, 0.2) is 23.0 Å². The zero-order valence-corrected chi connectivity index (χ0v) is 20.5. The standard InChI is InChI=1S/C27H30N4O5/c1-33-23-4-3-18(14-24(23)34-2)13-22-21-16-26-25(35-17-36-26)15-19(21)7-11-31(22)12-10-29-27(32)30-20-5-8-28-9-6-20/h3-6,8-9,14-16,22H,7,10-13,17H2,1-2H3,(H2,28,29,30,32). The molecule has 188 valence electrons. The summed E-state index contributed by atoms with van der Waals surface area (Å²) in [4.78, 5) is 18.7. The molecule has 1 atom stereocenters. The topological polar surface area (TPSA) is 94.2 Å². The lowest BCUT2D eigenvalue weighted by Crippen LogP contribution is -2.42. The number of carbonyl (C=O) groups excluding carboxylic acids is 1. The number of methoxy groups -OCH3 is 2. The van der Waals surface area contributed by atoms with Crippen molar-refractivity contribution in [2.45, 2.75) is 18.9 Å². The van der Waals surface area contributed by atoms with Gasteiger partial charge in [0, 0.05) is 43.8 Å². The number of ether oxygens (including phenoxy) is 4. The SMILES string of the molecule is COc1ccc(CC2c3cc4c(cc3CCN2CCNC(=O)Nc2ccncc2)OCO4)cc1OC. The largest absolute Gasteiger partial charge is 0.493 e. The summed E-state index contributed by atoms with van der Waals surface area (Å²) in [6.07, 6.45) is 4.96. The summed E-state index contributed by atoms with van der Waals surface area (Å²) in [5, 5.41) is 5.80. The van der Waals surface area contributed by atoms with Gasteiger partial charge in [-0.05, 0) is 65.9 Å². The number of nitrogens with one attached hydrogen (secondary N) is 2. The molecular formula is C27H30N4O5. The van der Waals surface area contributed by atoms with E-state index in [2.05, 4.69) is 38.7 Å². The van der Waals surface area contributed by atoms with E-state index < -0.39 is 0 Å². The second-order valence-corrected chi connectivity index (χ2v) is 8.72. The van der Waals surface area contributed by atoms with Crippen LogP contribution in [0.25, 0.3) is 0 Å². The predicted octanol–water partition coefficient (Wildman–Crippen LogP) is 3.79. The van der Waals surface area contributed by atoms with Crippen molar-refractivity contribution in [1.82, 2.24) is 15.2 Å². The fourth-order valence-corrected chi connectivity index (χ4v) is 4.80. The minimum atomic E-state index is -0.238. The molecule has 0 aliphatic carbocycles. The number of nitrogens with zero attached hydrogens (tertiary/aromatic N) is 2. The van der Waals surface area contributed by atoms with Crippen molar-refractivity contribution in [2.24, 2.45) is 0 Å². The highest BCUT2D eigenvalue weighted by molar-refractivity contribution is 5.89. The van der Waals surface area contributed by atoms with Gasteiger partial charge in [-0.1, -0.05) is 6.07 Å². The lowest BCUT2D eigenvalue weighted by atomic mass is 9.88. The molecule has 0 saturated carbocycles. The van der Waals surface area contributed by atoms with Crippen LogP contribution in [0.1, 0.15) is 22.7 Å². The van der Waals surface area contributed by atoms with Crippen LogP contribution in [0.15, 0.2) is 54.9 Å². The number of benzene rings is 2. The average molecular weight is 491 g/mol. The maximum Gasteiger partial charge on any atom is 0.319 e. The molecule has 9 heteroatoms. The molecule has 5 rings (SSSR count). The van der Waals surface area contributed by atoms with Crippen LogP contribution in [-0.4, -0.2) is 56.6 Å². The summed E-state index contributed by atoms with van der Waals surface area (Å²) in [5.41, 5.74) is 4.33. The van der Waals surface area contributed by atoms with Crippen molar-refractivity contribution in [3.63, 3.8) is 0 Å². The van der Waals surface area contributed by atoms with E-state index in [1.165, 1.54) is 11.1 Å².